The van der Waals surface area contributed by atoms with Gasteiger partial charge in [-0.3, -0.25) is 14.9 Å². The molecule has 0 unspecified atom stereocenters. The minimum atomic E-state index is -0.733. The van der Waals surface area contributed by atoms with Gasteiger partial charge >= 0.3 is 5.97 Å². The standard InChI is InChI=1S/C19H25N3O6/c1-14-3-2-6-21(12-14)18(23)13-28-19(24)16-11-15(22(25)26)4-5-17(16)20-7-9-27-10-8-20/h4-5,11,14H,2-3,6-10,12-13H2,1H3/t14-/m0/s1. The summed E-state index contributed by atoms with van der Waals surface area (Å²) in [4.78, 5) is 39.2. The molecular formula is C19H25N3O6. The molecule has 2 heterocycles. The molecule has 0 aliphatic carbocycles. The number of hydrogen-bond donors (Lipinski definition) is 0. The Balaban J connectivity index is 1.72. The Kier molecular flexibility index (Phi) is 6.45. The molecule has 0 aromatic heterocycles. The quantitative estimate of drug-likeness (QED) is 0.429. The lowest BCUT2D eigenvalue weighted by molar-refractivity contribution is -0.384. The van der Waals surface area contributed by atoms with Crippen LogP contribution < -0.4 is 4.90 Å². The molecule has 2 fully saturated rings. The third-order valence-electron chi connectivity index (χ3n) is 5.10. The van der Waals surface area contributed by atoms with Crippen LogP contribution >= 0.6 is 0 Å². The second-order valence-corrected chi connectivity index (χ2v) is 7.22. The first-order valence-electron chi connectivity index (χ1n) is 9.51. The third kappa shape index (κ3) is 4.78. The van der Waals surface area contributed by atoms with Gasteiger partial charge in [-0.15, -0.1) is 0 Å². The average molecular weight is 391 g/mol. The van der Waals surface area contributed by atoms with Crippen molar-refractivity contribution in [2.75, 3.05) is 50.9 Å². The normalized spacial score (nSPS) is 20.0. The van der Waals surface area contributed by atoms with E-state index in [9.17, 15) is 19.7 Å². The predicted octanol–water partition coefficient (Wildman–Crippen LogP) is 1.85. The van der Waals surface area contributed by atoms with E-state index < -0.39 is 10.9 Å². The first-order valence-corrected chi connectivity index (χ1v) is 9.51. The van der Waals surface area contributed by atoms with Crippen molar-refractivity contribution in [2.24, 2.45) is 5.92 Å². The topological polar surface area (TPSA) is 102 Å². The molecule has 0 N–H and O–H groups in total. The smallest absolute Gasteiger partial charge is 0.341 e. The van der Waals surface area contributed by atoms with E-state index in [0.717, 1.165) is 12.8 Å². The lowest BCUT2D eigenvalue weighted by Crippen LogP contribution is -2.41. The zero-order valence-corrected chi connectivity index (χ0v) is 16.0. The number of benzene rings is 1. The van der Waals surface area contributed by atoms with Crippen molar-refractivity contribution in [1.29, 1.82) is 0 Å². The van der Waals surface area contributed by atoms with Crippen LogP contribution in [0.15, 0.2) is 18.2 Å². The van der Waals surface area contributed by atoms with E-state index in [-0.39, 0.29) is 23.8 Å². The van der Waals surface area contributed by atoms with Crippen LogP contribution in [0.1, 0.15) is 30.1 Å². The molecule has 9 heteroatoms. The fourth-order valence-corrected chi connectivity index (χ4v) is 3.59. The third-order valence-corrected chi connectivity index (χ3v) is 5.10. The number of piperidine rings is 1. The maximum absolute atomic E-state index is 12.7. The Morgan fingerprint density at radius 2 is 2.04 bits per heavy atom. The summed E-state index contributed by atoms with van der Waals surface area (Å²) in [6.45, 7) is 5.21. The number of hydrogen-bond acceptors (Lipinski definition) is 7. The molecule has 1 aromatic rings. The molecular weight excluding hydrogens is 366 g/mol. The monoisotopic (exact) mass is 391 g/mol. The first kappa shape index (κ1) is 20.1. The molecule has 1 atom stereocenters. The molecule has 2 aliphatic rings. The minimum absolute atomic E-state index is 0.0934. The molecule has 2 aliphatic heterocycles. The van der Waals surface area contributed by atoms with Crippen LogP contribution in [-0.4, -0.2) is 67.7 Å². The molecule has 2 saturated heterocycles. The van der Waals surface area contributed by atoms with E-state index in [1.807, 2.05) is 4.90 Å². The summed E-state index contributed by atoms with van der Waals surface area (Å²) in [7, 11) is 0. The van der Waals surface area contributed by atoms with E-state index in [0.29, 0.717) is 51.0 Å². The Bertz CT molecular complexity index is 747. The van der Waals surface area contributed by atoms with Gasteiger partial charge in [0.2, 0.25) is 0 Å². The van der Waals surface area contributed by atoms with Crippen molar-refractivity contribution in [3.8, 4) is 0 Å². The first-order chi connectivity index (χ1) is 13.5. The fraction of sp³-hybridized carbons (Fsp3) is 0.579. The van der Waals surface area contributed by atoms with Crippen molar-refractivity contribution in [3.05, 3.63) is 33.9 Å². The Labute approximate surface area is 163 Å². The lowest BCUT2D eigenvalue weighted by atomic mass is 10.0. The van der Waals surface area contributed by atoms with E-state index in [4.69, 9.17) is 9.47 Å². The summed E-state index contributed by atoms with van der Waals surface area (Å²) in [6.07, 6.45) is 2.02. The minimum Gasteiger partial charge on any atom is -0.452 e. The number of nitro groups is 1. The van der Waals surface area contributed by atoms with Crippen LogP contribution in [0.5, 0.6) is 0 Å². The van der Waals surface area contributed by atoms with Gasteiger partial charge in [0.05, 0.1) is 29.4 Å². The van der Waals surface area contributed by atoms with E-state index in [1.54, 1.807) is 11.0 Å². The second kappa shape index (κ2) is 9.01. The SMILES string of the molecule is C[C@H]1CCCN(C(=O)COC(=O)c2cc([N+](=O)[O-])ccc2N2CCOCC2)C1. The maximum atomic E-state index is 12.7. The molecule has 1 amide bonds. The van der Waals surface area contributed by atoms with Crippen LogP contribution in [0, 0.1) is 16.0 Å². The van der Waals surface area contributed by atoms with Crippen LogP contribution in [0.3, 0.4) is 0 Å². The van der Waals surface area contributed by atoms with Gasteiger partial charge in [-0.05, 0) is 24.8 Å². The number of non-ortho nitro benzene ring substituents is 1. The van der Waals surface area contributed by atoms with Crippen molar-refractivity contribution >= 4 is 23.3 Å². The van der Waals surface area contributed by atoms with Gasteiger partial charge in [-0.2, -0.15) is 0 Å². The van der Waals surface area contributed by atoms with Crippen LogP contribution in [0.25, 0.3) is 0 Å². The average Bonchev–Trinajstić information content (AvgIpc) is 2.72. The van der Waals surface area contributed by atoms with Crippen molar-refractivity contribution in [1.82, 2.24) is 4.90 Å². The molecule has 3 rings (SSSR count). The van der Waals surface area contributed by atoms with E-state index in [1.165, 1.54) is 12.1 Å². The highest BCUT2D eigenvalue weighted by molar-refractivity contribution is 5.97. The van der Waals surface area contributed by atoms with Gasteiger partial charge in [-0.1, -0.05) is 6.92 Å². The van der Waals surface area contributed by atoms with Gasteiger partial charge in [0.25, 0.3) is 11.6 Å². The van der Waals surface area contributed by atoms with Crippen LogP contribution in [0.4, 0.5) is 11.4 Å². The van der Waals surface area contributed by atoms with Crippen molar-refractivity contribution in [2.45, 2.75) is 19.8 Å². The number of carbonyl (C=O) groups excluding carboxylic acids is 2. The van der Waals surface area contributed by atoms with Gasteiger partial charge in [-0.25, -0.2) is 4.79 Å². The Hall–Kier alpha value is -2.68. The number of nitrogens with zero attached hydrogens (tertiary/aromatic N) is 3. The number of likely N-dealkylation sites (tertiary alicyclic amines) is 1. The summed E-state index contributed by atoms with van der Waals surface area (Å²) >= 11 is 0. The molecule has 1 aromatic carbocycles. The van der Waals surface area contributed by atoms with Gasteiger partial charge in [0.1, 0.15) is 0 Å². The van der Waals surface area contributed by atoms with Crippen molar-refractivity contribution < 1.29 is 24.0 Å². The number of carbonyl (C=O) groups is 2. The predicted molar refractivity (Wildman–Crippen MR) is 101 cm³/mol. The number of esters is 1. The Morgan fingerprint density at radius 3 is 2.71 bits per heavy atom. The summed E-state index contributed by atoms with van der Waals surface area (Å²) < 4.78 is 10.6. The van der Waals surface area contributed by atoms with Crippen molar-refractivity contribution in [3.63, 3.8) is 0 Å². The van der Waals surface area contributed by atoms with Crippen LogP contribution in [-0.2, 0) is 14.3 Å². The van der Waals surface area contributed by atoms with Crippen LogP contribution in [0.2, 0.25) is 0 Å². The number of amides is 1. The highest BCUT2D eigenvalue weighted by atomic mass is 16.6. The fourth-order valence-electron chi connectivity index (χ4n) is 3.59. The summed E-state index contributed by atoms with van der Waals surface area (Å²) in [5, 5.41) is 11.1. The van der Waals surface area contributed by atoms with E-state index in [2.05, 4.69) is 6.92 Å². The highest BCUT2D eigenvalue weighted by Crippen LogP contribution is 2.27. The molecule has 0 saturated carbocycles. The zero-order valence-electron chi connectivity index (χ0n) is 16.0. The lowest BCUT2D eigenvalue weighted by Gasteiger charge is -2.31. The maximum Gasteiger partial charge on any atom is 0.341 e. The zero-order chi connectivity index (χ0) is 20.1. The van der Waals surface area contributed by atoms with Gasteiger partial charge < -0.3 is 19.3 Å². The number of anilines is 1. The number of ether oxygens (including phenoxy) is 2. The van der Waals surface area contributed by atoms with Gasteiger partial charge in [0.15, 0.2) is 6.61 Å². The highest BCUT2D eigenvalue weighted by Gasteiger charge is 2.25. The van der Waals surface area contributed by atoms with E-state index >= 15 is 0 Å². The Morgan fingerprint density at radius 1 is 1.29 bits per heavy atom. The molecule has 9 nitrogen and oxygen atoms in total. The second-order valence-electron chi connectivity index (χ2n) is 7.22. The molecule has 152 valence electrons. The summed E-state index contributed by atoms with van der Waals surface area (Å²) in [5.41, 5.74) is 0.453. The number of morpholine rings is 1. The van der Waals surface area contributed by atoms with Gasteiger partial charge in [0, 0.05) is 38.3 Å². The number of rotatable bonds is 5. The summed E-state index contributed by atoms with van der Waals surface area (Å²) in [5.74, 6) is -0.542. The summed E-state index contributed by atoms with van der Waals surface area (Å²) in [6, 6.07) is 4.12. The molecule has 0 bridgehead atoms. The molecule has 28 heavy (non-hydrogen) atoms. The molecule has 0 radical (unpaired) electrons. The molecule has 0 spiro atoms. The number of nitro benzene ring substituents is 1. The largest absolute Gasteiger partial charge is 0.452 e.